The minimum atomic E-state index is -0.383. The largest absolute Gasteiger partial charge is 0.508 e. The zero-order valence-corrected chi connectivity index (χ0v) is 19.3. The van der Waals surface area contributed by atoms with Gasteiger partial charge in [0.15, 0.2) is 5.78 Å². The molecule has 0 aliphatic carbocycles. The molecule has 1 amide bonds. The highest BCUT2D eigenvalue weighted by Gasteiger charge is 2.22. The second-order valence-electron chi connectivity index (χ2n) is 8.73. The molecule has 1 aromatic heterocycles. The predicted octanol–water partition coefficient (Wildman–Crippen LogP) is 6.59. The molecule has 0 spiro atoms. The molecule has 4 rings (SSSR count). The predicted molar refractivity (Wildman–Crippen MR) is 131 cm³/mol. The topological polar surface area (TPSA) is 79.5 Å². The number of carbonyl (C=O) groups is 2. The van der Waals surface area contributed by atoms with Crippen molar-refractivity contribution in [2.45, 2.75) is 26.7 Å². The number of phenolic OH excluding ortho intramolecular Hbond substituents is 1. The van der Waals surface area contributed by atoms with Crippen molar-refractivity contribution in [2.75, 3.05) is 7.05 Å². The summed E-state index contributed by atoms with van der Waals surface area (Å²) < 4.78 is 19.4. The maximum atomic E-state index is 13.4. The highest BCUT2D eigenvalue weighted by atomic mass is 19.1. The number of hydrogen-bond acceptors (Lipinski definition) is 4. The van der Waals surface area contributed by atoms with Crippen molar-refractivity contribution in [1.29, 1.82) is 0 Å². The number of ketones is 1. The Morgan fingerprint density at radius 1 is 0.971 bits per heavy atom. The van der Waals surface area contributed by atoms with Crippen LogP contribution in [-0.2, 0) is 0 Å². The number of nitrogens with one attached hydrogen (secondary N) is 1. The van der Waals surface area contributed by atoms with Crippen LogP contribution in [0.3, 0.4) is 0 Å². The Morgan fingerprint density at radius 3 is 2.35 bits per heavy atom. The zero-order chi connectivity index (χ0) is 24.4. The van der Waals surface area contributed by atoms with Gasteiger partial charge in [0.05, 0.1) is 5.56 Å². The maximum absolute atomic E-state index is 13.4. The monoisotopic (exact) mass is 459 g/mol. The van der Waals surface area contributed by atoms with Crippen LogP contribution in [0.2, 0.25) is 0 Å². The van der Waals surface area contributed by atoms with Crippen molar-refractivity contribution in [3.63, 3.8) is 0 Å². The molecule has 5 nitrogen and oxygen atoms in total. The zero-order valence-electron chi connectivity index (χ0n) is 19.3. The van der Waals surface area contributed by atoms with E-state index in [1.54, 1.807) is 36.4 Å². The van der Waals surface area contributed by atoms with E-state index in [9.17, 15) is 19.1 Å². The van der Waals surface area contributed by atoms with E-state index in [0.29, 0.717) is 51.3 Å². The minimum Gasteiger partial charge on any atom is -0.508 e. The van der Waals surface area contributed by atoms with E-state index in [-0.39, 0.29) is 23.3 Å². The molecule has 1 heterocycles. The van der Waals surface area contributed by atoms with E-state index in [0.717, 1.165) is 12.0 Å². The SMILES string of the molecule is CNC(=O)c1c(-c2ccc(F)cc2)oc2ccc(-c3cc(O)cc(C(=O)CCC(C)C)c3)cc12. The van der Waals surface area contributed by atoms with Gasteiger partial charge in [0.25, 0.3) is 5.91 Å². The first-order chi connectivity index (χ1) is 16.3. The highest BCUT2D eigenvalue weighted by molar-refractivity contribution is 6.12. The number of rotatable bonds is 7. The smallest absolute Gasteiger partial charge is 0.255 e. The van der Waals surface area contributed by atoms with Gasteiger partial charge < -0.3 is 14.8 Å². The first-order valence-corrected chi connectivity index (χ1v) is 11.2. The molecule has 3 aromatic carbocycles. The standard InChI is InChI=1S/C28H26FNO4/c1-16(2)4-10-24(32)20-12-19(13-22(31)14-20)18-7-11-25-23(15-18)26(28(33)30-3)27(34-25)17-5-8-21(29)9-6-17/h5-9,11-16,31H,4,10H2,1-3H3,(H,30,33). The Hall–Kier alpha value is -3.93. The Balaban J connectivity index is 1.82. The lowest BCUT2D eigenvalue weighted by Gasteiger charge is -2.08. The summed E-state index contributed by atoms with van der Waals surface area (Å²) in [5, 5.41) is 13.5. The van der Waals surface area contributed by atoms with Crippen LogP contribution in [0.1, 0.15) is 47.4 Å². The quantitative estimate of drug-likeness (QED) is 0.306. The van der Waals surface area contributed by atoms with Crippen LogP contribution in [0.25, 0.3) is 33.4 Å². The first kappa shape index (κ1) is 23.2. The molecule has 0 saturated heterocycles. The van der Waals surface area contributed by atoms with Gasteiger partial charge in [-0.25, -0.2) is 4.39 Å². The van der Waals surface area contributed by atoms with Gasteiger partial charge in [0, 0.05) is 30.0 Å². The Labute approximate surface area is 197 Å². The third-order valence-electron chi connectivity index (χ3n) is 5.77. The molecular formula is C28H26FNO4. The first-order valence-electron chi connectivity index (χ1n) is 11.2. The summed E-state index contributed by atoms with van der Waals surface area (Å²) in [6.45, 7) is 4.12. The van der Waals surface area contributed by atoms with Gasteiger partial charge in [-0.05, 0) is 78.1 Å². The number of carbonyl (C=O) groups excluding carboxylic acids is 2. The van der Waals surface area contributed by atoms with Crippen molar-refractivity contribution >= 4 is 22.7 Å². The fraction of sp³-hybridized carbons (Fsp3) is 0.214. The van der Waals surface area contributed by atoms with E-state index < -0.39 is 0 Å². The minimum absolute atomic E-state index is 0.00351. The molecule has 0 aliphatic heterocycles. The number of furan rings is 1. The summed E-state index contributed by atoms with van der Waals surface area (Å²) in [7, 11) is 1.53. The lowest BCUT2D eigenvalue weighted by atomic mass is 9.96. The Bertz CT molecular complexity index is 1370. The van der Waals surface area contributed by atoms with Crippen LogP contribution in [0.5, 0.6) is 5.75 Å². The van der Waals surface area contributed by atoms with Crippen LogP contribution < -0.4 is 5.32 Å². The normalized spacial score (nSPS) is 11.2. The van der Waals surface area contributed by atoms with Gasteiger partial charge in [-0.2, -0.15) is 0 Å². The number of benzene rings is 3. The molecule has 0 fully saturated rings. The number of fused-ring (bicyclic) bond motifs is 1. The molecule has 34 heavy (non-hydrogen) atoms. The summed E-state index contributed by atoms with van der Waals surface area (Å²) in [6.07, 6.45) is 1.18. The van der Waals surface area contributed by atoms with Crippen molar-refractivity contribution in [1.82, 2.24) is 5.32 Å². The molecule has 0 atom stereocenters. The Morgan fingerprint density at radius 2 is 1.68 bits per heavy atom. The number of aromatic hydroxyl groups is 1. The van der Waals surface area contributed by atoms with Gasteiger partial charge in [0.2, 0.25) is 0 Å². The molecule has 0 saturated carbocycles. The van der Waals surface area contributed by atoms with E-state index in [1.165, 1.54) is 25.2 Å². The molecule has 0 aliphatic rings. The molecule has 6 heteroatoms. The van der Waals surface area contributed by atoms with Crippen molar-refractivity contribution in [2.24, 2.45) is 5.92 Å². The molecule has 2 N–H and O–H groups in total. The Kier molecular flexibility index (Phi) is 6.50. The lowest BCUT2D eigenvalue weighted by molar-refractivity contribution is 0.0960. The molecule has 0 bridgehead atoms. The third kappa shape index (κ3) is 4.71. The third-order valence-corrected chi connectivity index (χ3v) is 5.77. The van der Waals surface area contributed by atoms with E-state index in [1.807, 2.05) is 6.07 Å². The highest BCUT2D eigenvalue weighted by Crippen LogP contribution is 2.37. The molecule has 174 valence electrons. The lowest BCUT2D eigenvalue weighted by Crippen LogP contribution is -2.18. The van der Waals surface area contributed by atoms with E-state index in [4.69, 9.17) is 4.42 Å². The molecule has 0 radical (unpaired) electrons. The number of Topliss-reactive ketones (excluding diaryl/α,β-unsaturated/α-hetero) is 1. The van der Waals surface area contributed by atoms with Crippen LogP contribution in [0, 0.1) is 11.7 Å². The fourth-order valence-electron chi connectivity index (χ4n) is 3.94. The number of phenols is 1. The number of amides is 1. The summed E-state index contributed by atoms with van der Waals surface area (Å²) >= 11 is 0. The van der Waals surface area contributed by atoms with E-state index >= 15 is 0 Å². The average molecular weight is 460 g/mol. The number of halogens is 1. The second kappa shape index (κ2) is 9.51. The summed E-state index contributed by atoms with van der Waals surface area (Å²) in [5.41, 5.74) is 3.23. The second-order valence-corrected chi connectivity index (χ2v) is 8.73. The van der Waals surface area contributed by atoms with Crippen LogP contribution >= 0.6 is 0 Å². The van der Waals surface area contributed by atoms with Gasteiger partial charge in [-0.1, -0.05) is 19.9 Å². The number of hydrogen-bond donors (Lipinski definition) is 2. The van der Waals surface area contributed by atoms with Gasteiger partial charge >= 0.3 is 0 Å². The van der Waals surface area contributed by atoms with Gasteiger partial charge in [-0.3, -0.25) is 9.59 Å². The van der Waals surface area contributed by atoms with Crippen molar-refractivity contribution < 1.29 is 23.5 Å². The fourth-order valence-corrected chi connectivity index (χ4v) is 3.94. The summed E-state index contributed by atoms with van der Waals surface area (Å²) in [5.74, 6) is -0.00678. The summed E-state index contributed by atoms with van der Waals surface area (Å²) in [4.78, 5) is 25.4. The van der Waals surface area contributed by atoms with E-state index in [2.05, 4.69) is 19.2 Å². The maximum Gasteiger partial charge on any atom is 0.255 e. The van der Waals surface area contributed by atoms with Gasteiger partial charge in [-0.15, -0.1) is 0 Å². The molecular weight excluding hydrogens is 433 g/mol. The molecule has 0 unspecified atom stereocenters. The van der Waals surface area contributed by atoms with Crippen LogP contribution in [-0.4, -0.2) is 23.8 Å². The summed E-state index contributed by atoms with van der Waals surface area (Å²) in [6, 6.07) is 15.9. The average Bonchev–Trinajstić information content (AvgIpc) is 3.20. The molecule has 4 aromatic rings. The van der Waals surface area contributed by atoms with Crippen molar-refractivity contribution in [3.05, 3.63) is 77.6 Å². The van der Waals surface area contributed by atoms with Crippen LogP contribution in [0.15, 0.2) is 65.1 Å². The van der Waals surface area contributed by atoms with Crippen molar-refractivity contribution in [3.8, 4) is 28.2 Å². The van der Waals surface area contributed by atoms with Crippen LogP contribution in [0.4, 0.5) is 4.39 Å². The van der Waals surface area contributed by atoms with Gasteiger partial charge in [0.1, 0.15) is 22.9 Å².